The molecule has 1 saturated heterocycles. The zero-order valence-electron chi connectivity index (χ0n) is 13.4. The predicted octanol–water partition coefficient (Wildman–Crippen LogP) is 0.0463. The van der Waals surface area contributed by atoms with Crippen molar-refractivity contribution in [3.05, 3.63) is 36.0 Å². The molecule has 2 aromatic heterocycles. The van der Waals surface area contributed by atoms with Gasteiger partial charge in [0, 0.05) is 44.0 Å². The highest BCUT2D eigenvalue weighted by molar-refractivity contribution is 5.92. The van der Waals surface area contributed by atoms with Crippen LogP contribution in [0.1, 0.15) is 22.1 Å². The number of ether oxygens (including phenoxy) is 1. The van der Waals surface area contributed by atoms with Crippen LogP contribution in [0.25, 0.3) is 0 Å². The Hall–Kier alpha value is -2.48. The van der Waals surface area contributed by atoms with E-state index in [-0.39, 0.29) is 23.6 Å². The van der Waals surface area contributed by atoms with Gasteiger partial charge in [-0.05, 0) is 13.1 Å². The van der Waals surface area contributed by atoms with Crippen molar-refractivity contribution >= 4 is 5.91 Å². The number of nitrogens with zero attached hydrogens (tertiary/aromatic N) is 5. The SMILES string of the molecule is COc1ccc(C(=O)N[C@@H]2CN(C)C[C@H]2c2cncn2C)nn1. The average Bonchev–Trinajstić information content (AvgIpc) is 3.12. The Morgan fingerprint density at radius 1 is 1.30 bits per heavy atom. The number of methoxy groups -OCH3 is 1. The third-order valence-electron chi connectivity index (χ3n) is 4.13. The second-order valence-electron chi connectivity index (χ2n) is 5.80. The molecule has 23 heavy (non-hydrogen) atoms. The molecule has 122 valence electrons. The average molecular weight is 316 g/mol. The number of aromatic nitrogens is 4. The normalized spacial score (nSPS) is 21.3. The van der Waals surface area contributed by atoms with Crippen LogP contribution in [-0.4, -0.2) is 63.8 Å². The van der Waals surface area contributed by atoms with E-state index in [1.165, 1.54) is 7.11 Å². The molecule has 1 amide bonds. The highest BCUT2D eigenvalue weighted by atomic mass is 16.5. The first-order valence-electron chi connectivity index (χ1n) is 7.42. The van der Waals surface area contributed by atoms with E-state index in [0.29, 0.717) is 5.88 Å². The van der Waals surface area contributed by atoms with Gasteiger partial charge in [-0.3, -0.25) is 4.79 Å². The van der Waals surface area contributed by atoms with Crippen LogP contribution in [0.2, 0.25) is 0 Å². The fraction of sp³-hybridized carbons (Fsp3) is 0.467. The number of hydrogen-bond acceptors (Lipinski definition) is 6. The van der Waals surface area contributed by atoms with Crippen LogP contribution in [0.15, 0.2) is 24.7 Å². The fourth-order valence-electron chi connectivity index (χ4n) is 2.96. The van der Waals surface area contributed by atoms with Crippen molar-refractivity contribution < 1.29 is 9.53 Å². The molecular weight excluding hydrogens is 296 g/mol. The number of rotatable bonds is 4. The summed E-state index contributed by atoms with van der Waals surface area (Å²) in [7, 11) is 5.52. The van der Waals surface area contributed by atoms with E-state index in [1.807, 2.05) is 24.9 Å². The zero-order valence-corrected chi connectivity index (χ0v) is 13.4. The van der Waals surface area contributed by atoms with Crippen LogP contribution in [0.5, 0.6) is 5.88 Å². The highest BCUT2D eigenvalue weighted by Gasteiger charge is 2.35. The summed E-state index contributed by atoms with van der Waals surface area (Å²) in [5.74, 6) is 0.352. The van der Waals surface area contributed by atoms with Crippen LogP contribution < -0.4 is 10.1 Å². The van der Waals surface area contributed by atoms with Crippen LogP contribution in [0, 0.1) is 0 Å². The van der Waals surface area contributed by atoms with E-state index >= 15 is 0 Å². The number of nitrogens with one attached hydrogen (secondary N) is 1. The van der Waals surface area contributed by atoms with Crippen molar-refractivity contribution in [3.8, 4) is 5.88 Å². The molecule has 2 aromatic rings. The van der Waals surface area contributed by atoms with E-state index in [1.54, 1.807) is 18.5 Å². The van der Waals surface area contributed by atoms with Gasteiger partial charge in [-0.2, -0.15) is 0 Å². The summed E-state index contributed by atoms with van der Waals surface area (Å²) in [6.45, 7) is 1.66. The van der Waals surface area contributed by atoms with Crippen molar-refractivity contribution in [3.63, 3.8) is 0 Å². The molecule has 1 aliphatic rings. The van der Waals surface area contributed by atoms with Crippen LogP contribution >= 0.6 is 0 Å². The predicted molar refractivity (Wildman–Crippen MR) is 83.3 cm³/mol. The Balaban J connectivity index is 1.74. The van der Waals surface area contributed by atoms with Gasteiger partial charge >= 0.3 is 0 Å². The second-order valence-corrected chi connectivity index (χ2v) is 5.80. The molecule has 1 fully saturated rings. The Morgan fingerprint density at radius 3 is 2.74 bits per heavy atom. The minimum Gasteiger partial charge on any atom is -0.480 e. The lowest BCUT2D eigenvalue weighted by Gasteiger charge is -2.20. The van der Waals surface area contributed by atoms with Crippen LogP contribution in [-0.2, 0) is 7.05 Å². The van der Waals surface area contributed by atoms with Crippen molar-refractivity contribution in [2.45, 2.75) is 12.0 Å². The number of amides is 1. The lowest BCUT2D eigenvalue weighted by molar-refractivity contribution is 0.0929. The molecule has 0 saturated carbocycles. The number of hydrogen-bond donors (Lipinski definition) is 1. The Bertz CT molecular complexity index is 684. The third kappa shape index (κ3) is 3.16. The number of likely N-dealkylation sites (N-methyl/N-ethyl adjacent to an activating group) is 1. The molecule has 3 rings (SSSR count). The summed E-state index contributed by atoms with van der Waals surface area (Å²) in [4.78, 5) is 18.8. The largest absolute Gasteiger partial charge is 0.480 e. The quantitative estimate of drug-likeness (QED) is 0.858. The summed E-state index contributed by atoms with van der Waals surface area (Å²) in [6.07, 6.45) is 3.64. The summed E-state index contributed by atoms with van der Waals surface area (Å²) in [6, 6.07) is 3.24. The Morgan fingerprint density at radius 2 is 2.13 bits per heavy atom. The molecule has 0 spiro atoms. The van der Waals surface area contributed by atoms with Gasteiger partial charge in [0.15, 0.2) is 5.69 Å². The molecule has 2 atom stereocenters. The number of carbonyl (C=O) groups excluding carboxylic acids is 1. The third-order valence-corrected chi connectivity index (χ3v) is 4.13. The van der Waals surface area contributed by atoms with Gasteiger partial charge in [0.05, 0.1) is 19.5 Å². The van der Waals surface area contributed by atoms with Crippen molar-refractivity contribution in [2.24, 2.45) is 7.05 Å². The molecule has 8 heteroatoms. The molecule has 8 nitrogen and oxygen atoms in total. The Kier molecular flexibility index (Phi) is 4.24. The molecular formula is C15H20N6O2. The first kappa shape index (κ1) is 15.4. The van der Waals surface area contributed by atoms with Crippen LogP contribution in [0.4, 0.5) is 0 Å². The van der Waals surface area contributed by atoms with Gasteiger partial charge in [-0.1, -0.05) is 0 Å². The molecule has 0 aromatic carbocycles. The van der Waals surface area contributed by atoms with E-state index in [0.717, 1.165) is 18.8 Å². The summed E-state index contributed by atoms with van der Waals surface area (Å²) < 4.78 is 6.95. The summed E-state index contributed by atoms with van der Waals surface area (Å²) in [5, 5.41) is 10.8. The summed E-state index contributed by atoms with van der Waals surface area (Å²) in [5.41, 5.74) is 1.39. The zero-order chi connectivity index (χ0) is 16.4. The second kappa shape index (κ2) is 6.33. The maximum absolute atomic E-state index is 12.4. The van der Waals surface area contributed by atoms with Gasteiger partial charge in [-0.25, -0.2) is 4.98 Å². The number of carbonyl (C=O) groups is 1. The van der Waals surface area contributed by atoms with Gasteiger partial charge < -0.3 is 19.5 Å². The molecule has 1 aliphatic heterocycles. The van der Waals surface area contributed by atoms with Crippen molar-refractivity contribution in [1.82, 2.24) is 30.0 Å². The highest BCUT2D eigenvalue weighted by Crippen LogP contribution is 2.26. The molecule has 0 bridgehead atoms. The number of likely N-dealkylation sites (tertiary alicyclic amines) is 1. The van der Waals surface area contributed by atoms with Gasteiger partial charge in [-0.15, -0.1) is 10.2 Å². The van der Waals surface area contributed by atoms with E-state index in [2.05, 4.69) is 25.4 Å². The maximum Gasteiger partial charge on any atom is 0.272 e. The molecule has 1 N–H and O–H groups in total. The van der Waals surface area contributed by atoms with Gasteiger partial charge in [0.1, 0.15) is 0 Å². The van der Waals surface area contributed by atoms with Crippen molar-refractivity contribution in [2.75, 3.05) is 27.2 Å². The monoisotopic (exact) mass is 316 g/mol. The molecule has 0 radical (unpaired) electrons. The minimum absolute atomic E-state index is 0.00630. The smallest absolute Gasteiger partial charge is 0.272 e. The molecule has 0 aliphatic carbocycles. The number of aryl methyl sites for hydroxylation is 1. The Labute approximate surface area is 134 Å². The van der Waals surface area contributed by atoms with E-state index in [4.69, 9.17) is 4.74 Å². The fourth-order valence-corrected chi connectivity index (χ4v) is 2.96. The van der Waals surface area contributed by atoms with Gasteiger partial charge in [0.2, 0.25) is 5.88 Å². The summed E-state index contributed by atoms with van der Waals surface area (Å²) >= 11 is 0. The van der Waals surface area contributed by atoms with E-state index < -0.39 is 0 Å². The van der Waals surface area contributed by atoms with Gasteiger partial charge in [0.25, 0.3) is 5.91 Å². The maximum atomic E-state index is 12.4. The first-order valence-corrected chi connectivity index (χ1v) is 7.42. The lowest BCUT2D eigenvalue weighted by Crippen LogP contribution is -2.40. The van der Waals surface area contributed by atoms with E-state index in [9.17, 15) is 4.79 Å². The van der Waals surface area contributed by atoms with Crippen molar-refractivity contribution in [1.29, 1.82) is 0 Å². The topological polar surface area (TPSA) is 85.2 Å². The molecule has 3 heterocycles. The standard InChI is InChI=1S/C15H20N6O2/c1-20-7-10(13-6-16-9-21(13)2)12(8-20)17-15(22)11-4-5-14(23-3)19-18-11/h4-6,9-10,12H,7-8H2,1-3H3,(H,17,22)/t10-,12-/m1/s1. The number of imidazole rings is 1. The molecule has 0 unspecified atom stereocenters. The van der Waals surface area contributed by atoms with Crippen LogP contribution in [0.3, 0.4) is 0 Å². The first-order chi connectivity index (χ1) is 11.1. The minimum atomic E-state index is -0.229. The lowest BCUT2D eigenvalue weighted by atomic mass is 10.00.